The lowest BCUT2D eigenvalue weighted by atomic mass is 10.1. The predicted octanol–water partition coefficient (Wildman–Crippen LogP) is 4.37. The highest BCUT2D eigenvalue weighted by Gasteiger charge is 2.24. The number of anilines is 1. The normalized spacial score (nSPS) is 18.2. The summed E-state index contributed by atoms with van der Waals surface area (Å²) < 4.78 is 1.18. The zero-order chi connectivity index (χ0) is 13.2. The molecule has 1 N–H and O–H groups in total. The Morgan fingerprint density at radius 1 is 1.43 bits per heavy atom. The van der Waals surface area contributed by atoms with Gasteiger partial charge in [-0.05, 0) is 24.6 Å². The highest BCUT2D eigenvalue weighted by atomic mass is 35.5. The molecular formula is C14H20Cl3N3S. The summed E-state index contributed by atoms with van der Waals surface area (Å²) in [5.74, 6) is 0. The van der Waals surface area contributed by atoms with Crippen molar-refractivity contribution in [3.05, 3.63) is 23.2 Å². The molecule has 1 aliphatic rings. The van der Waals surface area contributed by atoms with Crippen LogP contribution >= 0.6 is 47.8 Å². The summed E-state index contributed by atoms with van der Waals surface area (Å²) in [5, 5.41) is 5.40. The second-order valence-electron chi connectivity index (χ2n) is 4.95. The van der Waals surface area contributed by atoms with Gasteiger partial charge in [0.15, 0.2) is 5.13 Å². The molecule has 1 aromatic carbocycles. The Kier molecular flexibility index (Phi) is 7.51. The van der Waals surface area contributed by atoms with E-state index in [2.05, 4.69) is 17.1 Å². The van der Waals surface area contributed by atoms with Crippen LogP contribution in [-0.2, 0) is 0 Å². The Morgan fingerprint density at radius 3 is 3.00 bits per heavy atom. The molecule has 118 valence electrons. The van der Waals surface area contributed by atoms with E-state index in [-0.39, 0.29) is 24.8 Å². The Bertz CT molecular complexity index is 574. The quantitative estimate of drug-likeness (QED) is 0.872. The second-order valence-corrected chi connectivity index (χ2v) is 6.39. The minimum absolute atomic E-state index is 0. The van der Waals surface area contributed by atoms with Gasteiger partial charge in [-0.3, -0.25) is 0 Å². The number of hydrogen-bond acceptors (Lipinski definition) is 4. The van der Waals surface area contributed by atoms with Crippen molar-refractivity contribution >= 4 is 63.1 Å². The molecule has 0 spiro atoms. The van der Waals surface area contributed by atoms with E-state index in [0.29, 0.717) is 6.04 Å². The molecule has 1 fully saturated rings. The van der Waals surface area contributed by atoms with Crippen molar-refractivity contribution < 1.29 is 0 Å². The third-order valence-electron chi connectivity index (χ3n) is 3.56. The minimum Gasteiger partial charge on any atom is -0.343 e. The smallest absolute Gasteiger partial charge is 0.186 e. The molecule has 0 aliphatic carbocycles. The average molecular weight is 369 g/mol. The van der Waals surface area contributed by atoms with Crippen molar-refractivity contribution in [3.63, 3.8) is 0 Å². The maximum Gasteiger partial charge on any atom is 0.186 e. The number of rotatable bonds is 3. The molecule has 0 bridgehead atoms. The first kappa shape index (κ1) is 18.8. The topological polar surface area (TPSA) is 28.2 Å². The molecule has 3 rings (SSSR count). The second kappa shape index (κ2) is 8.39. The predicted molar refractivity (Wildman–Crippen MR) is 98.0 cm³/mol. The Labute approximate surface area is 146 Å². The van der Waals surface area contributed by atoms with E-state index in [1.54, 1.807) is 11.3 Å². The Hall–Kier alpha value is -0.260. The van der Waals surface area contributed by atoms with Crippen molar-refractivity contribution in [1.29, 1.82) is 0 Å². The van der Waals surface area contributed by atoms with Crippen LogP contribution in [0.1, 0.15) is 19.8 Å². The number of nitrogens with one attached hydrogen (secondary N) is 1. The Morgan fingerprint density at radius 2 is 2.24 bits per heavy atom. The van der Waals surface area contributed by atoms with Crippen molar-refractivity contribution in [2.45, 2.75) is 25.8 Å². The van der Waals surface area contributed by atoms with Crippen LogP contribution in [0.2, 0.25) is 5.02 Å². The molecule has 1 atom stereocenters. The summed E-state index contributed by atoms with van der Waals surface area (Å²) in [7, 11) is 0. The molecule has 1 aliphatic heterocycles. The number of halogens is 3. The van der Waals surface area contributed by atoms with Gasteiger partial charge in [0, 0.05) is 30.7 Å². The number of benzene rings is 1. The SMILES string of the molecule is CCCC1CNCCN1c1nc2ccc(Cl)cc2s1.Cl.Cl. The highest BCUT2D eigenvalue weighted by molar-refractivity contribution is 7.22. The van der Waals surface area contributed by atoms with Gasteiger partial charge in [0.1, 0.15) is 0 Å². The van der Waals surface area contributed by atoms with Gasteiger partial charge in [-0.25, -0.2) is 4.98 Å². The molecule has 2 aromatic rings. The molecule has 0 saturated carbocycles. The highest BCUT2D eigenvalue weighted by Crippen LogP contribution is 2.32. The zero-order valence-electron chi connectivity index (χ0n) is 11.8. The summed E-state index contributed by atoms with van der Waals surface area (Å²) >= 11 is 7.80. The van der Waals surface area contributed by atoms with Crippen LogP contribution in [0.5, 0.6) is 0 Å². The van der Waals surface area contributed by atoms with Crippen LogP contribution in [0.4, 0.5) is 5.13 Å². The molecule has 1 unspecified atom stereocenters. The number of thiazole rings is 1. The lowest BCUT2D eigenvalue weighted by molar-refractivity contribution is 0.450. The van der Waals surface area contributed by atoms with Crippen LogP contribution in [-0.4, -0.2) is 30.7 Å². The number of piperazine rings is 1. The number of hydrogen-bond donors (Lipinski definition) is 1. The standard InChI is InChI=1S/C14H18ClN3S.2ClH/c1-2-3-11-9-16-6-7-18(11)14-17-12-5-4-10(15)8-13(12)19-14;;/h4-5,8,11,16H,2-3,6-7,9H2,1H3;2*1H. The Balaban J connectivity index is 0.00000110. The summed E-state index contributed by atoms with van der Waals surface area (Å²) in [6.07, 6.45) is 2.42. The van der Waals surface area contributed by atoms with Crippen molar-refractivity contribution in [2.24, 2.45) is 0 Å². The van der Waals surface area contributed by atoms with E-state index >= 15 is 0 Å². The van der Waals surface area contributed by atoms with Crippen molar-refractivity contribution in [2.75, 3.05) is 24.5 Å². The van der Waals surface area contributed by atoms with Gasteiger partial charge in [0.05, 0.1) is 10.2 Å². The average Bonchev–Trinajstić information content (AvgIpc) is 2.82. The minimum atomic E-state index is 0. The van der Waals surface area contributed by atoms with Gasteiger partial charge < -0.3 is 10.2 Å². The molecule has 0 radical (unpaired) electrons. The van der Waals surface area contributed by atoms with E-state index in [4.69, 9.17) is 16.6 Å². The lowest BCUT2D eigenvalue weighted by Crippen LogP contribution is -2.51. The summed E-state index contributed by atoms with van der Waals surface area (Å²) in [5.41, 5.74) is 1.05. The van der Waals surface area contributed by atoms with Crippen LogP contribution in [0.3, 0.4) is 0 Å². The van der Waals surface area contributed by atoms with E-state index < -0.39 is 0 Å². The molecule has 1 saturated heterocycles. The van der Waals surface area contributed by atoms with E-state index in [9.17, 15) is 0 Å². The summed E-state index contributed by atoms with van der Waals surface area (Å²) in [4.78, 5) is 7.22. The fourth-order valence-corrected chi connectivity index (χ4v) is 3.95. The van der Waals surface area contributed by atoms with Crippen LogP contribution in [0.25, 0.3) is 10.2 Å². The van der Waals surface area contributed by atoms with Crippen LogP contribution in [0.15, 0.2) is 18.2 Å². The van der Waals surface area contributed by atoms with Gasteiger partial charge in [-0.2, -0.15) is 0 Å². The van der Waals surface area contributed by atoms with Gasteiger partial charge in [-0.15, -0.1) is 24.8 Å². The third kappa shape index (κ3) is 4.14. The molecule has 3 nitrogen and oxygen atoms in total. The first-order valence-electron chi connectivity index (χ1n) is 6.81. The number of aromatic nitrogens is 1. The lowest BCUT2D eigenvalue weighted by Gasteiger charge is -2.36. The van der Waals surface area contributed by atoms with E-state index in [1.807, 2.05) is 18.2 Å². The fraction of sp³-hybridized carbons (Fsp3) is 0.500. The summed E-state index contributed by atoms with van der Waals surface area (Å²) in [6, 6.07) is 6.49. The maximum absolute atomic E-state index is 6.05. The molecular weight excluding hydrogens is 349 g/mol. The van der Waals surface area contributed by atoms with Crippen molar-refractivity contribution in [3.8, 4) is 0 Å². The van der Waals surface area contributed by atoms with Crippen molar-refractivity contribution in [1.82, 2.24) is 10.3 Å². The number of fused-ring (bicyclic) bond motifs is 1. The van der Waals surface area contributed by atoms with Gasteiger partial charge >= 0.3 is 0 Å². The molecule has 1 aromatic heterocycles. The van der Waals surface area contributed by atoms with Crippen LogP contribution in [0, 0.1) is 0 Å². The molecule has 7 heteroatoms. The van der Waals surface area contributed by atoms with Crippen LogP contribution < -0.4 is 10.2 Å². The molecule has 21 heavy (non-hydrogen) atoms. The summed E-state index contributed by atoms with van der Waals surface area (Å²) in [6.45, 7) is 5.38. The first-order chi connectivity index (χ1) is 9.28. The molecule has 2 heterocycles. The molecule has 0 amide bonds. The van der Waals surface area contributed by atoms with Gasteiger partial charge in [0.2, 0.25) is 0 Å². The van der Waals surface area contributed by atoms with Gasteiger partial charge in [-0.1, -0.05) is 36.3 Å². The number of nitrogens with zero attached hydrogens (tertiary/aromatic N) is 2. The van der Waals surface area contributed by atoms with E-state index in [0.717, 1.165) is 35.3 Å². The first-order valence-corrected chi connectivity index (χ1v) is 8.01. The largest absolute Gasteiger partial charge is 0.343 e. The zero-order valence-corrected chi connectivity index (χ0v) is 15.0. The third-order valence-corrected chi connectivity index (χ3v) is 4.85. The maximum atomic E-state index is 6.05. The fourth-order valence-electron chi connectivity index (χ4n) is 2.61. The van der Waals surface area contributed by atoms with E-state index in [1.165, 1.54) is 17.5 Å². The monoisotopic (exact) mass is 367 g/mol. The van der Waals surface area contributed by atoms with Gasteiger partial charge in [0.25, 0.3) is 0 Å².